The minimum absolute atomic E-state index is 0.344. The summed E-state index contributed by atoms with van der Waals surface area (Å²) in [7, 11) is 0. The Morgan fingerprint density at radius 1 is 1.46 bits per heavy atom. The van der Waals surface area contributed by atoms with Crippen molar-refractivity contribution >= 4 is 5.82 Å². The summed E-state index contributed by atoms with van der Waals surface area (Å²) in [5.74, 6) is 0.344. The smallest absolute Gasteiger partial charge is 0.141 e. The Morgan fingerprint density at radius 3 is 2.62 bits per heavy atom. The molecule has 0 atom stereocenters. The molecule has 0 saturated carbocycles. The molecule has 0 aliphatic rings. The Labute approximate surface area is 78.2 Å². The summed E-state index contributed by atoms with van der Waals surface area (Å²) in [5.41, 5.74) is 8.20. The van der Waals surface area contributed by atoms with Gasteiger partial charge in [-0.15, -0.1) is 0 Å². The molecule has 0 aromatic carbocycles. The second-order valence-corrected chi connectivity index (χ2v) is 2.85. The van der Waals surface area contributed by atoms with Crippen LogP contribution in [-0.4, -0.2) is 4.98 Å². The standard InChI is InChI=1S/C10H13N3/c1-3-7-5-8(6-11)10(12)13-9(7)4-2/h5H,3-4H2,1-2H3,(H2,12,13). The van der Waals surface area contributed by atoms with Crippen LogP contribution in [0.15, 0.2) is 6.07 Å². The van der Waals surface area contributed by atoms with Crippen LogP contribution >= 0.6 is 0 Å². The van der Waals surface area contributed by atoms with E-state index in [1.54, 1.807) is 0 Å². The molecule has 0 bridgehead atoms. The second kappa shape index (κ2) is 3.90. The summed E-state index contributed by atoms with van der Waals surface area (Å²) in [4.78, 5) is 4.19. The zero-order valence-electron chi connectivity index (χ0n) is 7.96. The van der Waals surface area contributed by atoms with Gasteiger partial charge in [0.05, 0.1) is 5.56 Å². The van der Waals surface area contributed by atoms with Crippen molar-refractivity contribution in [1.82, 2.24) is 4.98 Å². The Balaban J connectivity index is 3.28. The predicted octanol–water partition coefficient (Wildman–Crippen LogP) is 1.66. The number of nitrogens with two attached hydrogens (primary N) is 1. The average molecular weight is 175 g/mol. The number of anilines is 1. The summed E-state index contributed by atoms with van der Waals surface area (Å²) in [6.07, 6.45) is 1.75. The Hall–Kier alpha value is -1.56. The van der Waals surface area contributed by atoms with E-state index in [9.17, 15) is 0 Å². The maximum Gasteiger partial charge on any atom is 0.141 e. The number of nitrogens with zero attached hydrogens (tertiary/aromatic N) is 2. The van der Waals surface area contributed by atoms with Gasteiger partial charge in [0.1, 0.15) is 11.9 Å². The van der Waals surface area contributed by atoms with Crippen LogP contribution < -0.4 is 5.73 Å². The van der Waals surface area contributed by atoms with Gasteiger partial charge in [-0.25, -0.2) is 4.98 Å². The molecule has 3 nitrogen and oxygen atoms in total. The van der Waals surface area contributed by atoms with Crippen molar-refractivity contribution in [1.29, 1.82) is 5.26 Å². The largest absolute Gasteiger partial charge is 0.383 e. The quantitative estimate of drug-likeness (QED) is 0.743. The highest BCUT2D eigenvalue weighted by molar-refractivity contribution is 5.51. The third-order valence-corrected chi connectivity index (χ3v) is 2.06. The van der Waals surface area contributed by atoms with Crippen LogP contribution in [0.1, 0.15) is 30.7 Å². The van der Waals surface area contributed by atoms with E-state index in [4.69, 9.17) is 11.0 Å². The van der Waals surface area contributed by atoms with E-state index in [-0.39, 0.29) is 0 Å². The van der Waals surface area contributed by atoms with Crippen molar-refractivity contribution in [3.63, 3.8) is 0 Å². The van der Waals surface area contributed by atoms with Gasteiger partial charge in [-0.2, -0.15) is 5.26 Å². The molecular weight excluding hydrogens is 162 g/mol. The monoisotopic (exact) mass is 175 g/mol. The van der Waals surface area contributed by atoms with Crippen LogP contribution in [-0.2, 0) is 12.8 Å². The van der Waals surface area contributed by atoms with E-state index >= 15 is 0 Å². The minimum atomic E-state index is 0.344. The van der Waals surface area contributed by atoms with Crippen molar-refractivity contribution in [2.45, 2.75) is 26.7 Å². The molecule has 1 rings (SSSR count). The van der Waals surface area contributed by atoms with Crippen LogP contribution in [0.2, 0.25) is 0 Å². The van der Waals surface area contributed by atoms with Crippen molar-refractivity contribution < 1.29 is 0 Å². The lowest BCUT2D eigenvalue weighted by Crippen LogP contribution is -2.02. The molecule has 0 unspecified atom stereocenters. The van der Waals surface area contributed by atoms with Gasteiger partial charge >= 0.3 is 0 Å². The molecule has 0 radical (unpaired) electrons. The van der Waals surface area contributed by atoms with Gasteiger partial charge in [-0.1, -0.05) is 13.8 Å². The zero-order chi connectivity index (χ0) is 9.84. The molecule has 1 heterocycles. The third-order valence-electron chi connectivity index (χ3n) is 2.06. The van der Waals surface area contributed by atoms with Crippen molar-refractivity contribution in [2.75, 3.05) is 5.73 Å². The number of nitrogen functional groups attached to an aromatic ring is 1. The number of hydrogen-bond acceptors (Lipinski definition) is 3. The number of pyridine rings is 1. The summed E-state index contributed by atoms with van der Waals surface area (Å²) in [6.45, 7) is 4.08. The highest BCUT2D eigenvalue weighted by Gasteiger charge is 2.06. The summed E-state index contributed by atoms with van der Waals surface area (Å²) >= 11 is 0. The molecule has 0 saturated heterocycles. The number of rotatable bonds is 2. The second-order valence-electron chi connectivity index (χ2n) is 2.85. The van der Waals surface area contributed by atoms with Crippen molar-refractivity contribution in [2.24, 2.45) is 0 Å². The van der Waals surface area contributed by atoms with E-state index in [0.717, 1.165) is 24.1 Å². The van der Waals surface area contributed by atoms with Gasteiger partial charge in [-0.05, 0) is 24.5 Å². The zero-order valence-corrected chi connectivity index (χ0v) is 7.96. The summed E-state index contributed by atoms with van der Waals surface area (Å²) < 4.78 is 0. The Bertz CT molecular complexity index is 350. The highest BCUT2D eigenvalue weighted by Crippen LogP contribution is 2.15. The molecule has 0 spiro atoms. The molecule has 0 aliphatic heterocycles. The molecule has 0 fully saturated rings. The lowest BCUT2D eigenvalue weighted by molar-refractivity contribution is 0.966. The van der Waals surface area contributed by atoms with E-state index in [0.29, 0.717) is 11.4 Å². The summed E-state index contributed by atoms with van der Waals surface area (Å²) in [6, 6.07) is 3.87. The van der Waals surface area contributed by atoms with Gasteiger partial charge < -0.3 is 5.73 Å². The van der Waals surface area contributed by atoms with Gasteiger partial charge in [0.25, 0.3) is 0 Å². The number of aryl methyl sites for hydroxylation is 2. The molecule has 0 aliphatic carbocycles. The molecule has 68 valence electrons. The molecule has 1 aromatic heterocycles. The van der Waals surface area contributed by atoms with Crippen LogP contribution in [0.25, 0.3) is 0 Å². The van der Waals surface area contributed by atoms with Gasteiger partial charge in [0.2, 0.25) is 0 Å². The van der Waals surface area contributed by atoms with Crippen molar-refractivity contribution in [3.8, 4) is 6.07 Å². The van der Waals surface area contributed by atoms with Crippen LogP contribution in [0, 0.1) is 11.3 Å². The predicted molar refractivity (Wildman–Crippen MR) is 52.1 cm³/mol. The number of aromatic nitrogens is 1. The molecule has 13 heavy (non-hydrogen) atoms. The summed E-state index contributed by atoms with van der Waals surface area (Å²) in [5, 5.41) is 8.73. The minimum Gasteiger partial charge on any atom is -0.383 e. The van der Waals surface area contributed by atoms with Gasteiger partial charge in [-0.3, -0.25) is 0 Å². The first-order valence-corrected chi connectivity index (χ1v) is 4.41. The van der Waals surface area contributed by atoms with E-state index in [1.165, 1.54) is 0 Å². The maximum atomic E-state index is 8.73. The lowest BCUT2D eigenvalue weighted by atomic mass is 10.1. The molecular formula is C10H13N3. The van der Waals surface area contributed by atoms with Gasteiger partial charge in [0, 0.05) is 5.69 Å². The number of nitriles is 1. The fraction of sp³-hybridized carbons (Fsp3) is 0.400. The van der Waals surface area contributed by atoms with Crippen LogP contribution in [0.3, 0.4) is 0 Å². The molecule has 0 amide bonds. The maximum absolute atomic E-state index is 8.73. The lowest BCUT2D eigenvalue weighted by Gasteiger charge is -2.06. The first-order chi connectivity index (χ1) is 6.22. The topological polar surface area (TPSA) is 62.7 Å². The molecule has 2 N–H and O–H groups in total. The number of hydrogen-bond donors (Lipinski definition) is 1. The molecule has 1 aromatic rings. The molecule has 3 heteroatoms. The van der Waals surface area contributed by atoms with Crippen LogP contribution in [0.4, 0.5) is 5.82 Å². The SMILES string of the molecule is CCc1cc(C#N)c(N)nc1CC. The first kappa shape index (κ1) is 9.53. The van der Waals surface area contributed by atoms with Gasteiger partial charge in [0.15, 0.2) is 0 Å². The van der Waals surface area contributed by atoms with E-state index < -0.39 is 0 Å². The van der Waals surface area contributed by atoms with E-state index in [1.807, 2.05) is 26.0 Å². The fourth-order valence-corrected chi connectivity index (χ4v) is 1.31. The van der Waals surface area contributed by atoms with Crippen LogP contribution in [0.5, 0.6) is 0 Å². The van der Waals surface area contributed by atoms with E-state index in [2.05, 4.69) is 4.98 Å². The first-order valence-electron chi connectivity index (χ1n) is 4.41. The average Bonchev–Trinajstić information content (AvgIpc) is 2.17. The fourth-order valence-electron chi connectivity index (χ4n) is 1.31. The highest BCUT2D eigenvalue weighted by atomic mass is 14.8. The Kier molecular flexibility index (Phi) is 2.86. The Morgan fingerprint density at radius 2 is 2.15 bits per heavy atom. The van der Waals surface area contributed by atoms with Crippen molar-refractivity contribution in [3.05, 3.63) is 22.9 Å². The third kappa shape index (κ3) is 1.78. The normalized spacial score (nSPS) is 9.62.